The highest BCUT2D eigenvalue weighted by molar-refractivity contribution is 6.87. The fraction of sp³-hybridized carbons (Fsp3) is 0.657. The molecule has 0 aliphatic heterocycles. The summed E-state index contributed by atoms with van der Waals surface area (Å²) >= 11 is 0. The summed E-state index contributed by atoms with van der Waals surface area (Å²) in [6.45, 7) is 68.9. The van der Waals surface area contributed by atoms with Crippen LogP contribution in [0.15, 0.2) is 133 Å². The third-order valence-electron chi connectivity index (χ3n) is 20.2. The number of phenolic OH excluding ortho intramolecular Hbond substituents is 4. The van der Waals surface area contributed by atoms with Gasteiger partial charge in [-0.2, -0.15) is 0 Å². The number of rotatable bonds is 45. The standard InChI is InChI=1S/C18H34O3Si2.C17H32O2Si2.C16H30O2Si2.C15H28O3Si2.C14H26O2Si2.C13H24O2Si2.12CH4/c1-6-7-12-22(2,3)21-23(4,5)13-8-9-16-10-11-18(20)17(14-16)15-19;1-6-7-14-20(2,3)19-21(4,5)15-8-9-16-10-12-17(18)13-11-16;1-6-7-13-19(2,3)18-20(4,5)14-12-15-8-10-16(17)11-9-15;1-19(2,3)18-20(4,5)10-6-7-13-8-9-15(17)14(11-13)12-16;1-17(2,3)16-18(4,5)12-6-7-13-8-10-14(15)11-9-13;1-16(2,3)15-17(4,5)11-10-12-6-8-13(14)9-7-12;;;;;;;;;;;;/h10-11,14,19-20H,6-9,12-13,15H2,1-5H3;10-13,18H,6-9,14-15H2,1-5H3;8-11,17H,6-7,12-14H2,1-5H3;8-9,11,16-17H,6-7,10,12H2,1-5H3;8-11,15H,6-7,12H2,1-5H3;6-9,14H,10-11H2,1-5H3;12*1H4. The highest BCUT2D eigenvalue weighted by Gasteiger charge is 2.36. The molecule has 0 saturated heterocycles. The average molecular weight is 2050 g/mol. The van der Waals surface area contributed by atoms with Crippen molar-refractivity contribution >= 4 is 99.8 Å². The minimum atomic E-state index is -1.61. The fourth-order valence-electron chi connectivity index (χ4n) is 15.3. The van der Waals surface area contributed by atoms with Crippen molar-refractivity contribution in [3.8, 4) is 34.5 Å². The Labute approximate surface area is 828 Å². The number of aromatic hydroxyl groups is 6. The van der Waals surface area contributed by atoms with Crippen LogP contribution in [0.4, 0.5) is 0 Å². The van der Waals surface area contributed by atoms with Crippen LogP contribution >= 0.6 is 0 Å². The summed E-state index contributed by atoms with van der Waals surface area (Å²) in [5, 5.41) is 74.6. The van der Waals surface area contributed by atoms with E-state index in [-0.39, 0.29) is 114 Å². The number of unbranched alkanes of at least 4 members (excludes halogenated alkanes) is 3. The number of aliphatic hydroxyl groups excluding tert-OH is 2. The number of phenols is 6. The molecule has 131 heavy (non-hydrogen) atoms. The van der Waals surface area contributed by atoms with Crippen LogP contribution in [0.25, 0.3) is 0 Å². The number of aryl methyl sites for hydroxylation is 6. The minimum Gasteiger partial charge on any atom is -0.508 e. The Balaban J connectivity index is -0.000000128. The second-order valence-electron chi connectivity index (χ2n) is 41.4. The molecule has 0 atom stereocenters. The molecule has 0 aliphatic rings. The first-order valence-electron chi connectivity index (χ1n) is 44.8. The predicted octanol–water partition coefficient (Wildman–Crippen LogP) is 35.6. The average Bonchev–Trinajstić information content (AvgIpc) is 0.862. The Morgan fingerprint density at radius 1 is 0.198 bits per heavy atom. The van der Waals surface area contributed by atoms with Crippen molar-refractivity contribution in [2.75, 3.05) is 0 Å². The van der Waals surface area contributed by atoms with Gasteiger partial charge in [0, 0.05) is 11.1 Å². The Hall–Kier alpha value is -3.60. The molecule has 0 aromatic heterocycles. The van der Waals surface area contributed by atoms with E-state index < -0.39 is 99.8 Å². The molecule has 0 bridgehead atoms. The second-order valence-corrected chi connectivity index (χ2v) is 95.2. The summed E-state index contributed by atoms with van der Waals surface area (Å²) in [7, 11) is -18.1. The SMILES string of the molecule is C.C.C.C.C.C.C.C.C.C.C.C.CCCC[Si](C)(C)O[Si](C)(C)CCCc1ccc(O)c(CO)c1.CCCC[Si](C)(C)O[Si](C)(C)CCCc1ccc(O)cc1.CCCC[Si](C)(C)O[Si](C)(C)CCc1ccc(O)cc1.C[Si](C)(C)O[Si](C)(C)CCCc1ccc(O)c(CO)c1.C[Si](C)(C)O[Si](C)(C)CCCc1ccc(O)cc1.C[Si](C)(C)O[Si](C)(C)CCc1ccc(O)cc1. The molecular formula is C105H222O14Si12. The summed E-state index contributed by atoms with van der Waals surface area (Å²) in [6.07, 6.45) is 18.4. The number of hydrogen-bond donors (Lipinski definition) is 8. The highest BCUT2D eigenvalue weighted by Crippen LogP contribution is 2.32. The van der Waals surface area contributed by atoms with Crippen molar-refractivity contribution in [3.63, 3.8) is 0 Å². The van der Waals surface area contributed by atoms with Gasteiger partial charge in [-0.1, -0.05) is 209 Å². The molecule has 0 aliphatic carbocycles. The summed E-state index contributed by atoms with van der Waals surface area (Å²) in [5.74, 6) is 1.72. The predicted molar refractivity (Wildman–Crippen MR) is 624 cm³/mol. The third-order valence-corrected chi connectivity index (χ3v) is 61.2. The van der Waals surface area contributed by atoms with Crippen LogP contribution in [0, 0.1) is 0 Å². The molecule has 6 aromatic rings. The maximum absolute atomic E-state index is 9.62. The van der Waals surface area contributed by atoms with E-state index in [1.165, 1.54) is 115 Å². The van der Waals surface area contributed by atoms with E-state index in [0.717, 1.165) is 75.5 Å². The van der Waals surface area contributed by atoms with Gasteiger partial charge < -0.3 is 65.5 Å². The summed E-state index contributed by atoms with van der Waals surface area (Å²) in [5.41, 5.74) is 8.75. The minimum absolute atomic E-state index is 0. The van der Waals surface area contributed by atoms with Gasteiger partial charge in [-0.05, 0) is 402 Å². The zero-order valence-corrected chi connectivity index (χ0v) is 92.8. The largest absolute Gasteiger partial charge is 0.508 e. The lowest BCUT2D eigenvalue weighted by molar-refractivity contribution is 0.275. The zero-order chi connectivity index (χ0) is 91.0. The van der Waals surface area contributed by atoms with Crippen LogP contribution < -0.4 is 0 Å². The van der Waals surface area contributed by atoms with Gasteiger partial charge in [0.25, 0.3) is 0 Å². The first-order valence-corrected chi connectivity index (χ1v) is 83.1. The van der Waals surface area contributed by atoms with Gasteiger partial charge in [0.05, 0.1) is 13.2 Å². The maximum Gasteiger partial charge on any atom is 0.173 e. The van der Waals surface area contributed by atoms with Gasteiger partial charge in [0.1, 0.15) is 34.5 Å². The van der Waals surface area contributed by atoms with Crippen LogP contribution in [-0.2, 0) is 76.4 Å². The molecule has 8 N–H and O–H groups in total. The van der Waals surface area contributed by atoms with Crippen LogP contribution in [-0.4, -0.2) is 141 Å². The molecule has 0 heterocycles. The number of hydrogen-bond acceptors (Lipinski definition) is 14. The molecule has 6 rings (SSSR count). The van der Waals surface area contributed by atoms with Crippen molar-refractivity contribution < 1.29 is 65.5 Å². The quantitative estimate of drug-likeness (QED) is 0.0167. The normalized spacial score (nSPS) is 11.5. The third kappa shape index (κ3) is 79.0. The maximum atomic E-state index is 9.62. The van der Waals surface area contributed by atoms with Crippen molar-refractivity contribution in [1.29, 1.82) is 0 Å². The van der Waals surface area contributed by atoms with E-state index in [1.54, 1.807) is 60.7 Å². The zero-order valence-electron chi connectivity index (χ0n) is 80.8. The Morgan fingerprint density at radius 2 is 0.359 bits per heavy atom. The van der Waals surface area contributed by atoms with Crippen LogP contribution in [0.1, 0.15) is 219 Å². The van der Waals surface area contributed by atoms with Crippen molar-refractivity contribution in [2.45, 2.75) is 457 Å². The molecule has 0 fully saturated rings. The van der Waals surface area contributed by atoms with E-state index in [2.05, 4.69) is 198 Å². The summed E-state index contributed by atoms with van der Waals surface area (Å²) < 4.78 is 38.8. The molecule has 0 unspecified atom stereocenters. The molecule has 26 heteroatoms. The van der Waals surface area contributed by atoms with Crippen LogP contribution in [0.2, 0.25) is 231 Å². The van der Waals surface area contributed by atoms with Gasteiger partial charge in [0.2, 0.25) is 0 Å². The summed E-state index contributed by atoms with van der Waals surface area (Å²) in [6, 6.07) is 52.1. The monoisotopic (exact) mass is 2040 g/mol. The Bertz CT molecular complexity index is 3710. The molecule has 6 aromatic carbocycles. The van der Waals surface area contributed by atoms with Gasteiger partial charge in [0.15, 0.2) is 99.8 Å². The Morgan fingerprint density at radius 3 is 0.550 bits per heavy atom. The lowest BCUT2D eigenvalue weighted by atomic mass is 10.1. The molecule has 0 amide bonds. The van der Waals surface area contributed by atoms with E-state index in [4.69, 9.17) is 29.8 Å². The van der Waals surface area contributed by atoms with Gasteiger partial charge in [-0.3, -0.25) is 0 Å². The number of benzene rings is 6. The first-order chi connectivity index (χ1) is 54.7. The lowest BCUT2D eigenvalue weighted by Crippen LogP contribution is -2.44. The first kappa shape index (κ1) is 153. The van der Waals surface area contributed by atoms with E-state index in [1.807, 2.05) is 72.8 Å². The molecule has 774 valence electrons. The summed E-state index contributed by atoms with van der Waals surface area (Å²) in [4.78, 5) is 0. The van der Waals surface area contributed by atoms with Gasteiger partial charge in [-0.25, -0.2) is 0 Å². The smallest absolute Gasteiger partial charge is 0.173 e. The van der Waals surface area contributed by atoms with Crippen LogP contribution in [0.3, 0.4) is 0 Å². The van der Waals surface area contributed by atoms with Crippen molar-refractivity contribution in [3.05, 3.63) is 178 Å². The number of aliphatic hydroxyl groups is 2. The van der Waals surface area contributed by atoms with Crippen molar-refractivity contribution in [2.24, 2.45) is 0 Å². The molecule has 0 spiro atoms. The van der Waals surface area contributed by atoms with Crippen LogP contribution in [0.5, 0.6) is 34.5 Å². The molecular weight excluding hydrogens is 1820 g/mol. The van der Waals surface area contributed by atoms with Gasteiger partial charge in [-0.15, -0.1) is 0 Å². The molecule has 0 radical (unpaired) electrons. The second kappa shape index (κ2) is 72.7. The molecule has 14 nitrogen and oxygen atoms in total. The van der Waals surface area contributed by atoms with E-state index in [9.17, 15) is 35.7 Å². The fourth-order valence-corrected chi connectivity index (χ4v) is 66.3. The van der Waals surface area contributed by atoms with E-state index in [0.29, 0.717) is 34.1 Å². The Kier molecular flexibility index (Phi) is 84.8. The van der Waals surface area contributed by atoms with Crippen molar-refractivity contribution in [1.82, 2.24) is 0 Å². The highest BCUT2D eigenvalue weighted by atomic mass is 28.4. The van der Waals surface area contributed by atoms with Gasteiger partial charge >= 0.3 is 0 Å². The lowest BCUT2D eigenvalue weighted by Gasteiger charge is -2.34. The molecule has 0 saturated carbocycles. The van der Waals surface area contributed by atoms with E-state index >= 15 is 0 Å². The topological polar surface area (TPSA) is 217 Å².